The molecule has 4 heteroatoms. The fraction of sp³-hybridized carbons (Fsp3) is 0.625. The zero-order chi connectivity index (χ0) is 13.9. The SMILES string of the molecule is CCN(C1CCCC1)C(CN)c1ccc2c(c1)OCO2. The summed E-state index contributed by atoms with van der Waals surface area (Å²) in [5.74, 6) is 1.69. The Labute approximate surface area is 120 Å². The molecule has 1 aromatic carbocycles. The summed E-state index contributed by atoms with van der Waals surface area (Å²) in [6, 6.07) is 7.18. The molecule has 1 fully saturated rings. The first-order chi connectivity index (χ1) is 9.83. The summed E-state index contributed by atoms with van der Waals surface area (Å²) in [6.45, 7) is 4.24. The highest BCUT2D eigenvalue weighted by Crippen LogP contribution is 2.37. The van der Waals surface area contributed by atoms with E-state index in [9.17, 15) is 0 Å². The highest BCUT2D eigenvalue weighted by molar-refractivity contribution is 5.45. The molecule has 1 heterocycles. The fourth-order valence-electron chi connectivity index (χ4n) is 3.55. The molecule has 1 aromatic rings. The molecule has 1 atom stereocenters. The standard InChI is InChI=1S/C16H24N2O2/c1-2-18(13-5-3-4-6-13)14(10-17)12-7-8-15-16(9-12)20-11-19-15/h7-9,13-14H,2-6,10-11,17H2,1H3. The van der Waals surface area contributed by atoms with Gasteiger partial charge in [-0.3, -0.25) is 4.90 Å². The third-order valence-electron chi connectivity index (χ3n) is 4.56. The number of likely N-dealkylation sites (N-methyl/N-ethyl adjacent to an activating group) is 1. The van der Waals surface area contributed by atoms with Crippen molar-refractivity contribution in [2.45, 2.75) is 44.7 Å². The molecule has 1 aliphatic carbocycles. The molecule has 1 aliphatic heterocycles. The highest BCUT2D eigenvalue weighted by Gasteiger charge is 2.28. The van der Waals surface area contributed by atoms with Gasteiger partial charge in [-0.05, 0) is 37.1 Å². The predicted octanol–water partition coefficient (Wildman–Crippen LogP) is 2.68. The maximum atomic E-state index is 6.08. The summed E-state index contributed by atoms with van der Waals surface area (Å²) in [5.41, 5.74) is 7.32. The number of nitrogens with zero attached hydrogens (tertiary/aromatic N) is 1. The molecule has 20 heavy (non-hydrogen) atoms. The van der Waals surface area contributed by atoms with E-state index in [4.69, 9.17) is 15.2 Å². The van der Waals surface area contributed by atoms with E-state index >= 15 is 0 Å². The Morgan fingerprint density at radius 1 is 1.25 bits per heavy atom. The number of nitrogens with two attached hydrogens (primary N) is 1. The van der Waals surface area contributed by atoms with E-state index < -0.39 is 0 Å². The minimum Gasteiger partial charge on any atom is -0.454 e. The van der Waals surface area contributed by atoms with Gasteiger partial charge in [0, 0.05) is 18.6 Å². The van der Waals surface area contributed by atoms with Crippen LogP contribution in [0.15, 0.2) is 18.2 Å². The van der Waals surface area contributed by atoms with Crippen molar-refractivity contribution in [1.29, 1.82) is 0 Å². The minimum absolute atomic E-state index is 0.276. The first-order valence-corrected chi connectivity index (χ1v) is 7.69. The third-order valence-corrected chi connectivity index (χ3v) is 4.56. The Morgan fingerprint density at radius 2 is 2.00 bits per heavy atom. The van der Waals surface area contributed by atoms with Gasteiger partial charge in [0.15, 0.2) is 11.5 Å². The van der Waals surface area contributed by atoms with Crippen LogP contribution in [0.5, 0.6) is 11.5 Å². The topological polar surface area (TPSA) is 47.7 Å². The lowest BCUT2D eigenvalue weighted by Crippen LogP contribution is -2.40. The van der Waals surface area contributed by atoms with Gasteiger partial charge in [-0.15, -0.1) is 0 Å². The molecule has 0 radical (unpaired) electrons. The van der Waals surface area contributed by atoms with Crippen LogP contribution in [0.1, 0.15) is 44.2 Å². The Morgan fingerprint density at radius 3 is 2.70 bits per heavy atom. The zero-order valence-electron chi connectivity index (χ0n) is 12.2. The van der Waals surface area contributed by atoms with Gasteiger partial charge in [0.1, 0.15) is 0 Å². The molecule has 0 bridgehead atoms. The zero-order valence-corrected chi connectivity index (χ0v) is 12.2. The third kappa shape index (κ3) is 2.50. The van der Waals surface area contributed by atoms with E-state index in [1.54, 1.807) is 0 Å². The van der Waals surface area contributed by atoms with Crippen LogP contribution >= 0.6 is 0 Å². The second-order valence-electron chi connectivity index (χ2n) is 5.63. The molecule has 2 aliphatic rings. The maximum Gasteiger partial charge on any atom is 0.231 e. The molecule has 110 valence electrons. The predicted molar refractivity (Wildman–Crippen MR) is 79.0 cm³/mol. The van der Waals surface area contributed by atoms with Crippen LogP contribution in [0.2, 0.25) is 0 Å². The van der Waals surface area contributed by atoms with Crippen molar-refractivity contribution in [2.75, 3.05) is 19.9 Å². The second kappa shape index (κ2) is 6.02. The normalized spacial score (nSPS) is 19.8. The molecule has 0 aromatic heterocycles. The smallest absolute Gasteiger partial charge is 0.231 e. The van der Waals surface area contributed by atoms with E-state index in [0.29, 0.717) is 19.4 Å². The van der Waals surface area contributed by atoms with Crippen molar-refractivity contribution in [3.63, 3.8) is 0 Å². The summed E-state index contributed by atoms with van der Waals surface area (Å²) in [6.07, 6.45) is 5.29. The van der Waals surface area contributed by atoms with Crippen LogP contribution in [-0.2, 0) is 0 Å². The van der Waals surface area contributed by atoms with Crippen molar-refractivity contribution in [3.8, 4) is 11.5 Å². The van der Waals surface area contributed by atoms with E-state index in [1.165, 1.54) is 31.2 Å². The number of fused-ring (bicyclic) bond motifs is 1. The van der Waals surface area contributed by atoms with Gasteiger partial charge in [0.25, 0.3) is 0 Å². The molecule has 1 unspecified atom stereocenters. The van der Waals surface area contributed by atoms with Gasteiger partial charge in [-0.2, -0.15) is 0 Å². The quantitative estimate of drug-likeness (QED) is 0.898. The van der Waals surface area contributed by atoms with Crippen LogP contribution in [-0.4, -0.2) is 30.8 Å². The van der Waals surface area contributed by atoms with Gasteiger partial charge >= 0.3 is 0 Å². The average Bonchev–Trinajstić information content (AvgIpc) is 3.14. The average molecular weight is 276 g/mol. The van der Waals surface area contributed by atoms with Crippen molar-refractivity contribution in [3.05, 3.63) is 23.8 Å². The van der Waals surface area contributed by atoms with E-state index in [0.717, 1.165) is 18.0 Å². The summed E-state index contributed by atoms with van der Waals surface area (Å²) >= 11 is 0. The van der Waals surface area contributed by atoms with Crippen molar-refractivity contribution < 1.29 is 9.47 Å². The Kier molecular flexibility index (Phi) is 4.13. The van der Waals surface area contributed by atoms with Gasteiger partial charge in [0.05, 0.1) is 0 Å². The maximum absolute atomic E-state index is 6.08. The van der Waals surface area contributed by atoms with E-state index in [2.05, 4.69) is 24.0 Å². The fourth-order valence-corrected chi connectivity index (χ4v) is 3.55. The molecule has 2 N–H and O–H groups in total. The first-order valence-electron chi connectivity index (χ1n) is 7.69. The lowest BCUT2D eigenvalue weighted by molar-refractivity contribution is 0.147. The molecule has 0 spiro atoms. The Hall–Kier alpha value is -1.26. The van der Waals surface area contributed by atoms with Gasteiger partial charge < -0.3 is 15.2 Å². The Bertz CT molecular complexity index is 458. The Balaban J connectivity index is 1.84. The molecule has 1 saturated carbocycles. The summed E-state index contributed by atoms with van der Waals surface area (Å²) in [7, 11) is 0. The highest BCUT2D eigenvalue weighted by atomic mass is 16.7. The lowest BCUT2D eigenvalue weighted by Gasteiger charge is -2.35. The van der Waals surface area contributed by atoms with Crippen LogP contribution < -0.4 is 15.2 Å². The summed E-state index contributed by atoms with van der Waals surface area (Å²) in [4.78, 5) is 2.56. The molecule has 4 nitrogen and oxygen atoms in total. The molecular weight excluding hydrogens is 252 g/mol. The summed E-state index contributed by atoms with van der Waals surface area (Å²) in [5, 5.41) is 0. The monoisotopic (exact) mass is 276 g/mol. The van der Waals surface area contributed by atoms with Crippen LogP contribution in [0, 0.1) is 0 Å². The second-order valence-corrected chi connectivity index (χ2v) is 5.63. The molecule has 0 saturated heterocycles. The van der Waals surface area contributed by atoms with Crippen LogP contribution in [0.3, 0.4) is 0 Å². The van der Waals surface area contributed by atoms with Crippen molar-refractivity contribution >= 4 is 0 Å². The van der Waals surface area contributed by atoms with E-state index in [1.807, 2.05) is 6.07 Å². The van der Waals surface area contributed by atoms with E-state index in [-0.39, 0.29) is 6.04 Å². The van der Waals surface area contributed by atoms with Crippen LogP contribution in [0.25, 0.3) is 0 Å². The van der Waals surface area contributed by atoms with Crippen LogP contribution in [0.4, 0.5) is 0 Å². The van der Waals surface area contributed by atoms with Gasteiger partial charge in [-0.1, -0.05) is 25.8 Å². The minimum atomic E-state index is 0.276. The first kappa shape index (κ1) is 13.7. The largest absolute Gasteiger partial charge is 0.454 e. The molecular formula is C16H24N2O2. The molecule has 0 amide bonds. The number of hydrogen-bond donors (Lipinski definition) is 1. The van der Waals surface area contributed by atoms with Crippen molar-refractivity contribution in [1.82, 2.24) is 4.90 Å². The number of rotatable bonds is 5. The lowest BCUT2D eigenvalue weighted by atomic mass is 10.0. The van der Waals surface area contributed by atoms with Gasteiger partial charge in [0.2, 0.25) is 6.79 Å². The van der Waals surface area contributed by atoms with Gasteiger partial charge in [-0.25, -0.2) is 0 Å². The van der Waals surface area contributed by atoms with Crippen molar-refractivity contribution in [2.24, 2.45) is 5.73 Å². The number of benzene rings is 1. The number of ether oxygens (including phenoxy) is 2. The summed E-state index contributed by atoms with van der Waals surface area (Å²) < 4.78 is 10.9. The number of hydrogen-bond acceptors (Lipinski definition) is 4. The molecule has 3 rings (SSSR count).